The molecule has 2 aromatic carbocycles. The maximum atomic E-state index is 11.0. The van der Waals surface area contributed by atoms with Crippen LogP contribution in [0.5, 0.6) is 11.5 Å². The normalized spacial score (nSPS) is 10.3. The number of nitro groups is 1. The molecule has 0 N–H and O–H groups in total. The van der Waals surface area contributed by atoms with Gasteiger partial charge in [-0.1, -0.05) is 45.2 Å². The molecule has 0 spiro atoms. The SMILES string of the molecule is O=[N+]([O-])c1cc(Cl)ccc1Oc1cccc(Cl)c1CBr. The minimum atomic E-state index is -0.542. The average molecular weight is 377 g/mol. The highest BCUT2D eigenvalue weighted by Gasteiger charge is 2.18. The predicted molar refractivity (Wildman–Crippen MR) is 82.3 cm³/mol. The van der Waals surface area contributed by atoms with E-state index in [-0.39, 0.29) is 16.5 Å². The first-order chi connectivity index (χ1) is 9.52. The molecule has 20 heavy (non-hydrogen) atoms. The lowest BCUT2D eigenvalue weighted by atomic mass is 10.2. The van der Waals surface area contributed by atoms with Gasteiger partial charge in [0.1, 0.15) is 5.75 Å². The van der Waals surface area contributed by atoms with Gasteiger partial charge in [-0.15, -0.1) is 0 Å². The molecule has 0 amide bonds. The lowest BCUT2D eigenvalue weighted by Crippen LogP contribution is -1.95. The number of alkyl halides is 1. The molecule has 0 aliphatic rings. The van der Waals surface area contributed by atoms with Gasteiger partial charge in [-0.2, -0.15) is 0 Å². The fraction of sp³-hybridized carbons (Fsp3) is 0.0769. The van der Waals surface area contributed by atoms with Crippen molar-refractivity contribution in [3.8, 4) is 11.5 Å². The van der Waals surface area contributed by atoms with Crippen LogP contribution in [0.4, 0.5) is 5.69 Å². The summed E-state index contributed by atoms with van der Waals surface area (Å²) in [6, 6.07) is 9.37. The first-order valence-corrected chi connectivity index (χ1v) is 7.36. The van der Waals surface area contributed by atoms with Gasteiger partial charge in [-0.05, 0) is 24.3 Å². The van der Waals surface area contributed by atoms with Crippen molar-refractivity contribution < 1.29 is 9.66 Å². The van der Waals surface area contributed by atoms with Crippen molar-refractivity contribution in [2.24, 2.45) is 0 Å². The first-order valence-electron chi connectivity index (χ1n) is 5.48. The van der Waals surface area contributed by atoms with Gasteiger partial charge < -0.3 is 4.74 Å². The lowest BCUT2D eigenvalue weighted by Gasteiger charge is -2.11. The van der Waals surface area contributed by atoms with Crippen LogP contribution in [-0.2, 0) is 5.33 Å². The van der Waals surface area contributed by atoms with Crippen molar-refractivity contribution >= 4 is 44.8 Å². The number of nitrogens with zero attached hydrogens (tertiary/aromatic N) is 1. The Morgan fingerprint density at radius 2 is 1.95 bits per heavy atom. The summed E-state index contributed by atoms with van der Waals surface area (Å²) in [5.74, 6) is 0.573. The Labute approximate surface area is 133 Å². The minimum absolute atomic E-state index is 0.115. The second-order valence-electron chi connectivity index (χ2n) is 3.82. The van der Waals surface area contributed by atoms with E-state index in [1.165, 1.54) is 18.2 Å². The fourth-order valence-corrected chi connectivity index (χ4v) is 2.74. The Bertz CT molecular complexity index is 664. The Hall–Kier alpha value is -1.30. The minimum Gasteiger partial charge on any atom is -0.450 e. The molecule has 0 radical (unpaired) electrons. The Kier molecular flexibility index (Phi) is 4.86. The van der Waals surface area contributed by atoms with Crippen LogP contribution in [0, 0.1) is 10.1 Å². The van der Waals surface area contributed by atoms with Crippen LogP contribution in [0.2, 0.25) is 10.0 Å². The largest absolute Gasteiger partial charge is 0.450 e. The summed E-state index contributed by atoms with van der Waals surface area (Å²) in [6.07, 6.45) is 0. The zero-order valence-electron chi connectivity index (χ0n) is 9.98. The molecule has 7 heteroatoms. The molecule has 2 aromatic rings. The molecule has 0 aliphatic carbocycles. The van der Waals surface area contributed by atoms with Gasteiger partial charge >= 0.3 is 5.69 Å². The monoisotopic (exact) mass is 375 g/mol. The summed E-state index contributed by atoms with van der Waals surface area (Å²) in [5.41, 5.74) is 0.524. The first kappa shape index (κ1) is 15.1. The van der Waals surface area contributed by atoms with E-state index >= 15 is 0 Å². The van der Waals surface area contributed by atoms with E-state index in [2.05, 4.69) is 15.9 Å². The lowest BCUT2D eigenvalue weighted by molar-refractivity contribution is -0.385. The number of rotatable bonds is 4. The third-order valence-electron chi connectivity index (χ3n) is 2.55. The third kappa shape index (κ3) is 3.23. The van der Waals surface area contributed by atoms with Crippen LogP contribution in [0.15, 0.2) is 36.4 Å². The highest BCUT2D eigenvalue weighted by atomic mass is 79.9. The van der Waals surface area contributed by atoms with E-state index in [4.69, 9.17) is 27.9 Å². The maximum Gasteiger partial charge on any atom is 0.313 e. The van der Waals surface area contributed by atoms with Crippen LogP contribution >= 0.6 is 39.1 Å². The van der Waals surface area contributed by atoms with Crippen LogP contribution in [0.25, 0.3) is 0 Å². The molecule has 0 bridgehead atoms. The van der Waals surface area contributed by atoms with Gasteiger partial charge in [-0.3, -0.25) is 10.1 Å². The maximum absolute atomic E-state index is 11.0. The number of hydrogen-bond donors (Lipinski definition) is 0. The van der Waals surface area contributed by atoms with Crippen molar-refractivity contribution in [1.29, 1.82) is 0 Å². The molecule has 0 saturated heterocycles. The van der Waals surface area contributed by atoms with Gasteiger partial charge in [0.15, 0.2) is 0 Å². The fourth-order valence-electron chi connectivity index (χ4n) is 1.60. The number of ether oxygens (including phenoxy) is 1. The molecular formula is C13H8BrCl2NO3. The molecule has 0 aromatic heterocycles. The topological polar surface area (TPSA) is 52.4 Å². The third-order valence-corrected chi connectivity index (χ3v) is 3.70. The zero-order chi connectivity index (χ0) is 14.7. The molecule has 0 atom stereocenters. The molecular weight excluding hydrogens is 369 g/mol. The van der Waals surface area contributed by atoms with Gasteiger partial charge in [0.05, 0.1) is 4.92 Å². The summed E-state index contributed by atoms with van der Waals surface area (Å²) in [4.78, 5) is 10.5. The zero-order valence-corrected chi connectivity index (χ0v) is 13.1. The Morgan fingerprint density at radius 1 is 1.20 bits per heavy atom. The number of nitro benzene ring substituents is 1. The van der Waals surface area contributed by atoms with E-state index in [0.717, 1.165) is 5.56 Å². The van der Waals surface area contributed by atoms with Crippen LogP contribution in [0.1, 0.15) is 5.56 Å². The summed E-state index contributed by atoms with van der Waals surface area (Å²) in [7, 11) is 0. The quantitative estimate of drug-likeness (QED) is 0.397. The number of hydrogen-bond acceptors (Lipinski definition) is 3. The van der Waals surface area contributed by atoms with Gasteiger partial charge in [0, 0.05) is 27.0 Å². The summed E-state index contributed by atoms with van der Waals surface area (Å²) >= 11 is 15.1. The second-order valence-corrected chi connectivity index (χ2v) is 5.23. The summed E-state index contributed by atoms with van der Waals surface area (Å²) < 4.78 is 5.61. The van der Waals surface area contributed by atoms with Gasteiger partial charge in [0.25, 0.3) is 0 Å². The second kappa shape index (κ2) is 6.43. The van der Waals surface area contributed by atoms with Crippen LogP contribution < -0.4 is 4.74 Å². The number of benzene rings is 2. The van der Waals surface area contributed by atoms with Crippen LogP contribution in [0.3, 0.4) is 0 Å². The summed E-state index contributed by atoms with van der Waals surface area (Å²) in [5, 5.41) is 12.3. The molecule has 0 fully saturated rings. The van der Waals surface area contributed by atoms with E-state index in [1.54, 1.807) is 18.2 Å². The smallest absolute Gasteiger partial charge is 0.313 e. The average Bonchev–Trinajstić information content (AvgIpc) is 2.41. The van der Waals surface area contributed by atoms with E-state index in [1.807, 2.05) is 0 Å². The van der Waals surface area contributed by atoms with E-state index in [9.17, 15) is 10.1 Å². The number of halogens is 3. The standard InChI is InChI=1S/C13H8BrCl2NO3/c14-7-9-10(16)2-1-3-12(9)20-13-5-4-8(15)6-11(13)17(18)19/h1-6H,7H2. The van der Waals surface area contributed by atoms with Gasteiger partial charge in [-0.25, -0.2) is 0 Å². The molecule has 4 nitrogen and oxygen atoms in total. The predicted octanol–water partition coefficient (Wildman–Crippen LogP) is 5.59. The molecule has 0 heterocycles. The highest BCUT2D eigenvalue weighted by molar-refractivity contribution is 9.08. The van der Waals surface area contributed by atoms with Crippen molar-refractivity contribution in [3.63, 3.8) is 0 Å². The Morgan fingerprint density at radius 3 is 2.60 bits per heavy atom. The molecule has 104 valence electrons. The summed E-state index contributed by atoms with van der Waals surface area (Å²) in [6.45, 7) is 0. The molecule has 0 unspecified atom stereocenters. The molecule has 0 aliphatic heterocycles. The molecule has 0 saturated carbocycles. The van der Waals surface area contributed by atoms with Crippen molar-refractivity contribution in [2.45, 2.75) is 5.33 Å². The highest BCUT2D eigenvalue weighted by Crippen LogP contribution is 2.37. The van der Waals surface area contributed by atoms with Crippen molar-refractivity contribution in [1.82, 2.24) is 0 Å². The van der Waals surface area contributed by atoms with Crippen LogP contribution in [-0.4, -0.2) is 4.92 Å². The van der Waals surface area contributed by atoms with E-state index in [0.29, 0.717) is 16.1 Å². The Balaban J connectivity index is 2.45. The van der Waals surface area contributed by atoms with Gasteiger partial charge in [0.2, 0.25) is 5.75 Å². The van der Waals surface area contributed by atoms with E-state index < -0.39 is 4.92 Å². The van der Waals surface area contributed by atoms with Crippen molar-refractivity contribution in [2.75, 3.05) is 0 Å². The molecule has 2 rings (SSSR count). The van der Waals surface area contributed by atoms with Crippen molar-refractivity contribution in [3.05, 3.63) is 62.1 Å².